The number of anilines is 1. The summed E-state index contributed by atoms with van der Waals surface area (Å²) in [5.74, 6) is -0.296. The number of hydrogen-bond donors (Lipinski definition) is 1. The fraction of sp³-hybridized carbons (Fsp3) is 0.526. The van der Waals surface area contributed by atoms with Gasteiger partial charge in [0.1, 0.15) is 0 Å². The topological polar surface area (TPSA) is 66.5 Å². The first-order valence-corrected chi connectivity index (χ1v) is 8.76. The largest absolute Gasteiger partial charge is 0.339 e. The molecule has 2 fully saturated rings. The van der Waals surface area contributed by atoms with Crippen LogP contribution in [0.4, 0.5) is 5.69 Å². The van der Waals surface area contributed by atoms with Gasteiger partial charge in [-0.2, -0.15) is 0 Å². The summed E-state index contributed by atoms with van der Waals surface area (Å²) in [4.78, 5) is 37.9. The highest BCUT2D eigenvalue weighted by molar-refractivity contribution is 5.98. The number of rotatable bonds is 4. The van der Waals surface area contributed by atoms with Gasteiger partial charge in [-0.15, -0.1) is 0 Å². The van der Waals surface area contributed by atoms with E-state index in [0.717, 1.165) is 12.8 Å². The van der Waals surface area contributed by atoms with Crippen LogP contribution < -0.4 is 5.32 Å². The van der Waals surface area contributed by atoms with Crippen LogP contribution in [0.5, 0.6) is 0 Å². The molecular weight excluding hydrogens is 304 g/mol. The van der Waals surface area contributed by atoms with Crippen LogP contribution in [0.2, 0.25) is 0 Å². The molecule has 1 aliphatic heterocycles. The van der Waals surface area contributed by atoms with Crippen molar-refractivity contribution in [1.29, 1.82) is 0 Å². The average Bonchev–Trinajstić information content (AvgIpc) is 2.98. The van der Waals surface area contributed by atoms with Gasteiger partial charge in [0.05, 0.1) is 5.92 Å². The van der Waals surface area contributed by atoms with Gasteiger partial charge in [-0.25, -0.2) is 0 Å². The molecule has 2 aliphatic rings. The van der Waals surface area contributed by atoms with Gasteiger partial charge < -0.3 is 10.2 Å². The number of ketones is 1. The SMILES string of the molecule is CC(=O)c1ccc(NC(=O)[C@H]2CC(=O)N(C3CCCCC3)C2)cc1. The molecule has 1 aromatic carbocycles. The molecule has 24 heavy (non-hydrogen) atoms. The van der Waals surface area contributed by atoms with Gasteiger partial charge in [0.2, 0.25) is 11.8 Å². The van der Waals surface area contributed by atoms with E-state index < -0.39 is 0 Å². The van der Waals surface area contributed by atoms with Crippen LogP contribution in [-0.2, 0) is 9.59 Å². The molecule has 1 atom stereocenters. The smallest absolute Gasteiger partial charge is 0.229 e. The van der Waals surface area contributed by atoms with Crippen molar-refractivity contribution in [2.75, 3.05) is 11.9 Å². The molecule has 3 rings (SSSR count). The van der Waals surface area contributed by atoms with Crippen LogP contribution in [-0.4, -0.2) is 35.1 Å². The van der Waals surface area contributed by atoms with E-state index in [1.54, 1.807) is 24.3 Å². The minimum Gasteiger partial charge on any atom is -0.339 e. The number of carbonyl (C=O) groups is 3. The Bertz CT molecular complexity index is 633. The maximum absolute atomic E-state index is 12.5. The van der Waals surface area contributed by atoms with Crippen molar-refractivity contribution in [3.05, 3.63) is 29.8 Å². The zero-order valence-electron chi connectivity index (χ0n) is 14.1. The number of amides is 2. The zero-order chi connectivity index (χ0) is 17.1. The Kier molecular flexibility index (Phi) is 4.97. The highest BCUT2D eigenvalue weighted by atomic mass is 16.2. The lowest BCUT2D eigenvalue weighted by molar-refractivity contribution is -0.130. The van der Waals surface area contributed by atoms with Crippen molar-refractivity contribution in [1.82, 2.24) is 4.90 Å². The standard InChI is InChI=1S/C19H24N2O3/c1-13(22)14-7-9-16(10-8-14)20-19(24)15-11-18(23)21(12-15)17-5-3-2-4-6-17/h7-10,15,17H,2-6,11-12H2,1H3,(H,20,24)/t15-/m0/s1. The summed E-state index contributed by atoms with van der Waals surface area (Å²) in [6.45, 7) is 2.04. The Morgan fingerprint density at radius 1 is 1.08 bits per heavy atom. The summed E-state index contributed by atoms with van der Waals surface area (Å²) >= 11 is 0. The number of likely N-dealkylation sites (tertiary alicyclic amines) is 1. The fourth-order valence-electron chi connectivity index (χ4n) is 3.69. The van der Waals surface area contributed by atoms with Crippen LogP contribution >= 0.6 is 0 Å². The molecule has 1 saturated carbocycles. The van der Waals surface area contributed by atoms with Crippen molar-refractivity contribution in [2.45, 2.75) is 51.5 Å². The van der Waals surface area contributed by atoms with Crippen molar-refractivity contribution in [3.8, 4) is 0 Å². The number of benzene rings is 1. The molecule has 5 heteroatoms. The van der Waals surface area contributed by atoms with Crippen LogP contribution in [0, 0.1) is 5.92 Å². The quantitative estimate of drug-likeness (QED) is 0.864. The number of carbonyl (C=O) groups excluding carboxylic acids is 3. The third-order valence-corrected chi connectivity index (χ3v) is 5.10. The molecule has 5 nitrogen and oxygen atoms in total. The predicted octanol–water partition coefficient (Wildman–Crippen LogP) is 3.01. The van der Waals surface area contributed by atoms with Crippen LogP contribution in [0.3, 0.4) is 0 Å². The van der Waals surface area contributed by atoms with E-state index in [1.165, 1.54) is 26.2 Å². The monoisotopic (exact) mass is 328 g/mol. The summed E-state index contributed by atoms with van der Waals surface area (Å²) in [6, 6.07) is 7.17. The van der Waals surface area contributed by atoms with Gasteiger partial charge in [0.25, 0.3) is 0 Å². The van der Waals surface area contributed by atoms with Gasteiger partial charge in [0.15, 0.2) is 5.78 Å². The lowest BCUT2D eigenvalue weighted by Crippen LogP contribution is -2.38. The minimum atomic E-state index is -0.285. The van der Waals surface area contributed by atoms with Crippen molar-refractivity contribution >= 4 is 23.3 Å². The summed E-state index contributed by atoms with van der Waals surface area (Å²) < 4.78 is 0. The van der Waals surface area contributed by atoms with Crippen molar-refractivity contribution in [3.63, 3.8) is 0 Å². The molecule has 0 bridgehead atoms. The number of Topliss-reactive ketones (excluding diaryl/α,β-unsaturated/α-hetero) is 1. The van der Waals surface area contributed by atoms with E-state index in [0.29, 0.717) is 30.3 Å². The van der Waals surface area contributed by atoms with Crippen LogP contribution in [0.1, 0.15) is 55.8 Å². The Balaban J connectivity index is 1.59. The molecule has 1 heterocycles. The highest BCUT2D eigenvalue weighted by Gasteiger charge is 2.38. The van der Waals surface area contributed by atoms with E-state index in [2.05, 4.69) is 5.32 Å². The molecule has 2 amide bonds. The molecule has 0 spiro atoms. The molecule has 1 saturated heterocycles. The van der Waals surface area contributed by atoms with Gasteiger partial charge in [-0.05, 0) is 44.0 Å². The zero-order valence-corrected chi connectivity index (χ0v) is 14.1. The molecule has 1 aromatic rings. The molecule has 128 valence electrons. The second-order valence-electron chi connectivity index (χ2n) is 6.86. The van der Waals surface area contributed by atoms with E-state index in [-0.39, 0.29) is 23.5 Å². The molecule has 1 N–H and O–H groups in total. The maximum Gasteiger partial charge on any atom is 0.229 e. The normalized spacial score (nSPS) is 21.8. The van der Waals surface area contributed by atoms with Crippen LogP contribution in [0.15, 0.2) is 24.3 Å². The third-order valence-electron chi connectivity index (χ3n) is 5.10. The second-order valence-corrected chi connectivity index (χ2v) is 6.86. The van der Waals surface area contributed by atoms with E-state index >= 15 is 0 Å². The Labute approximate surface area is 142 Å². The Morgan fingerprint density at radius 2 is 1.75 bits per heavy atom. The maximum atomic E-state index is 12.5. The van der Waals surface area contributed by atoms with Crippen molar-refractivity contribution < 1.29 is 14.4 Å². The van der Waals surface area contributed by atoms with Gasteiger partial charge in [0, 0.05) is 30.3 Å². The first kappa shape index (κ1) is 16.7. The highest BCUT2D eigenvalue weighted by Crippen LogP contribution is 2.29. The first-order valence-electron chi connectivity index (χ1n) is 8.76. The van der Waals surface area contributed by atoms with Gasteiger partial charge in [-0.3, -0.25) is 14.4 Å². The Hall–Kier alpha value is -2.17. The minimum absolute atomic E-state index is 0.00242. The first-order chi connectivity index (χ1) is 11.5. The lowest BCUT2D eigenvalue weighted by atomic mass is 9.94. The van der Waals surface area contributed by atoms with Gasteiger partial charge >= 0.3 is 0 Å². The number of nitrogens with zero attached hydrogens (tertiary/aromatic N) is 1. The second kappa shape index (κ2) is 7.16. The molecule has 0 radical (unpaired) electrons. The molecule has 0 unspecified atom stereocenters. The predicted molar refractivity (Wildman–Crippen MR) is 91.8 cm³/mol. The average molecular weight is 328 g/mol. The summed E-state index contributed by atoms with van der Waals surface area (Å²) in [5.41, 5.74) is 1.28. The molecular formula is C19H24N2O3. The van der Waals surface area contributed by atoms with E-state index in [4.69, 9.17) is 0 Å². The van der Waals surface area contributed by atoms with E-state index in [9.17, 15) is 14.4 Å². The van der Waals surface area contributed by atoms with Crippen LogP contribution in [0.25, 0.3) is 0 Å². The molecule has 1 aliphatic carbocycles. The number of hydrogen-bond acceptors (Lipinski definition) is 3. The summed E-state index contributed by atoms with van der Waals surface area (Å²) in [7, 11) is 0. The number of nitrogens with one attached hydrogen (secondary N) is 1. The summed E-state index contributed by atoms with van der Waals surface area (Å²) in [5, 5.41) is 2.86. The summed E-state index contributed by atoms with van der Waals surface area (Å²) in [6.07, 6.45) is 6.02. The fourth-order valence-corrected chi connectivity index (χ4v) is 3.69. The van der Waals surface area contributed by atoms with E-state index in [1.807, 2.05) is 4.90 Å². The molecule has 0 aromatic heterocycles. The lowest BCUT2D eigenvalue weighted by Gasteiger charge is -2.31. The van der Waals surface area contributed by atoms with Crippen molar-refractivity contribution in [2.24, 2.45) is 5.92 Å². The Morgan fingerprint density at radius 3 is 2.38 bits per heavy atom. The third kappa shape index (κ3) is 3.66. The van der Waals surface area contributed by atoms with Gasteiger partial charge in [-0.1, -0.05) is 19.3 Å².